The number of amidine groups is 1. The topological polar surface area (TPSA) is 51.1 Å². The van der Waals surface area contributed by atoms with Gasteiger partial charge in [0.05, 0.1) is 19.1 Å². The summed E-state index contributed by atoms with van der Waals surface area (Å²) in [5.41, 5.74) is 0.669. The number of hydrogen-bond donors (Lipinski definition) is 0. The van der Waals surface area contributed by atoms with Crippen molar-refractivity contribution in [2.45, 2.75) is 6.92 Å². The number of nitrogens with zero attached hydrogens (tertiary/aromatic N) is 2. The van der Waals surface area contributed by atoms with Crippen molar-refractivity contribution in [2.24, 2.45) is 4.99 Å². The number of rotatable bonds is 5. The van der Waals surface area contributed by atoms with Crippen LogP contribution in [0.3, 0.4) is 0 Å². The molecule has 0 unspecified atom stereocenters. The molecule has 0 radical (unpaired) electrons. The van der Waals surface area contributed by atoms with E-state index in [2.05, 4.69) is 4.99 Å². The normalized spacial score (nSPS) is 16.9. The molecule has 1 saturated heterocycles. The van der Waals surface area contributed by atoms with Gasteiger partial charge in [0.15, 0.2) is 11.0 Å². The molecule has 1 aliphatic rings. The summed E-state index contributed by atoms with van der Waals surface area (Å²) in [7, 11) is 3.09. The quantitative estimate of drug-likeness (QED) is 0.683. The Kier molecular flexibility index (Phi) is 5.99. The van der Waals surface area contributed by atoms with Crippen LogP contribution in [0, 0.1) is 11.6 Å². The molecule has 8 heteroatoms. The second-order valence-electron chi connectivity index (χ2n) is 5.76. The lowest BCUT2D eigenvalue weighted by atomic mass is 10.1. The van der Waals surface area contributed by atoms with Crippen LogP contribution in [0.15, 0.2) is 46.3 Å². The van der Waals surface area contributed by atoms with E-state index >= 15 is 0 Å². The van der Waals surface area contributed by atoms with Gasteiger partial charge in [0.2, 0.25) is 0 Å². The molecular formula is C20H18F2N2O3S. The molecule has 0 atom stereocenters. The standard InChI is InChI=1S/C20H18F2N2O3S/c1-4-24-19(25)18(9-12-5-7-14(26-2)11-17(12)27-3)28-20(24)23-16-8-6-13(21)10-15(16)22/h5-11H,4H2,1-3H3/b18-9+,23-20?. The molecule has 0 bridgehead atoms. The van der Waals surface area contributed by atoms with Gasteiger partial charge in [-0.05, 0) is 49.0 Å². The third kappa shape index (κ3) is 4.01. The number of aliphatic imine (C=N–C) groups is 1. The van der Waals surface area contributed by atoms with Gasteiger partial charge in [-0.15, -0.1) is 0 Å². The molecule has 2 aromatic rings. The molecule has 1 amide bonds. The van der Waals surface area contributed by atoms with Gasteiger partial charge in [-0.25, -0.2) is 13.8 Å². The van der Waals surface area contributed by atoms with Crippen molar-refractivity contribution < 1.29 is 23.0 Å². The zero-order valence-corrected chi connectivity index (χ0v) is 16.3. The molecule has 0 spiro atoms. The Bertz CT molecular complexity index is 976. The van der Waals surface area contributed by atoms with E-state index in [-0.39, 0.29) is 11.6 Å². The number of ether oxygens (including phenoxy) is 2. The van der Waals surface area contributed by atoms with Crippen LogP contribution in [0.5, 0.6) is 11.5 Å². The Morgan fingerprint density at radius 3 is 2.57 bits per heavy atom. The number of amides is 1. The van der Waals surface area contributed by atoms with Crippen molar-refractivity contribution in [2.75, 3.05) is 20.8 Å². The number of benzene rings is 2. The van der Waals surface area contributed by atoms with Crippen molar-refractivity contribution in [1.29, 1.82) is 0 Å². The third-order valence-corrected chi connectivity index (χ3v) is 5.06. The van der Waals surface area contributed by atoms with E-state index in [0.29, 0.717) is 33.7 Å². The lowest BCUT2D eigenvalue weighted by Crippen LogP contribution is -2.28. The van der Waals surface area contributed by atoms with Gasteiger partial charge in [0.1, 0.15) is 23.0 Å². The van der Waals surface area contributed by atoms with Crippen LogP contribution in [-0.4, -0.2) is 36.7 Å². The number of halogens is 2. The summed E-state index contributed by atoms with van der Waals surface area (Å²) in [5, 5.41) is 0.330. The fourth-order valence-corrected chi connectivity index (χ4v) is 3.67. The Hall–Kier alpha value is -2.87. The minimum atomic E-state index is -0.786. The first-order chi connectivity index (χ1) is 13.5. The molecule has 28 heavy (non-hydrogen) atoms. The van der Waals surface area contributed by atoms with Crippen molar-refractivity contribution in [3.05, 3.63) is 58.5 Å². The molecule has 1 fully saturated rings. The molecule has 0 saturated carbocycles. The van der Waals surface area contributed by atoms with Gasteiger partial charge in [0.25, 0.3) is 5.91 Å². The highest BCUT2D eigenvalue weighted by Gasteiger charge is 2.32. The lowest BCUT2D eigenvalue weighted by Gasteiger charge is -2.12. The van der Waals surface area contributed by atoms with E-state index in [9.17, 15) is 13.6 Å². The number of likely N-dealkylation sites (N-methyl/N-ethyl adjacent to an activating group) is 1. The highest BCUT2D eigenvalue weighted by Crippen LogP contribution is 2.36. The second-order valence-corrected chi connectivity index (χ2v) is 6.77. The van der Waals surface area contributed by atoms with Crippen LogP contribution >= 0.6 is 11.8 Å². The van der Waals surface area contributed by atoms with Crippen molar-refractivity contribution in [1.82, 2.24) is 4.90 Å². The summed E-state index contributed by atoms with van der Waals surface area (Å²) in [6.45, 7) is 2.16. The number of methoxy groups -OCH3 is 2. The van der Waals surface area contributed by atoms with E-state index in [1.165, 1.54) is 18.1 Å². The highest BCUT2D eigenvalue weighted by molar-refractivity contribution is 8.18. The van der Waals surface area contributed by atoms with E-state index in [0.717, 1.165) is 23.9 Å². The largest absolute Gasteiger partial charge is 0.497 e. The fraction of sp³-hybridized carbons (Fsp3) is 0.200. The van der Waals surface area contributed by atoms with E-state index in [1.807, 2.05) is 0 Å². The van der Waals surface area contributed by atoms with Crippen LogP contribution in [0.25, 0.3) is 6.08 Å². The number of hydrogen-bond acceptors (Lipinski definition) is 5. The average molecular weight is 404 g/mol. The molecule has 0 aliphatic carbocycles. The predicted molar refractivity (Wildman–Crippen MR) is 106 cm³/mol. The number of carbonyl (C=O) groups is 1. The van der Waals surface area contributed by atoms with Crippen molar-refractivity contribution in [3.63, 3.8) is 0 Å². The van der Waals surface area contributed by atoms with Crippen LogP contribution < -0.4 is 9.47 Å². The summed E-state index contributed by atoms with van der Waals surface area (Å²) in [6, 6.07) is 8.39. The molecular weight excluding hydrogens is 386 g/mol. The zero-order chi connectivity index (χ0) is 20.3. The third-order valence-electron chi connectivity index (χ3n) is 4.06. The molecule has 1 aliphatic heterocycles. The zero-order valence-electron chi connectivity index (χ0n) is 15.5. The maximum absolute atomic E-state index is 13.9. The highest BCUT2D eigenvalue weighted by atomic mass is 32.2. The van der Waals surface area contributed by atoms with E-state index in [4.69, 9.17) is 9.47 Å². The molecule has 146 valence electrons. The monoisotopic (exact) mass is 404 g/mol. The first kappa shape index (κ1) is 19.9. The molecule has 1 heterocycles. The van der Waals surface area contributed by atoms with E-state index < -0.39 is 11.6 Å². The summed E-state index contributed by atoms with van der Waals surface area (Å²) in [4.78, 5) is 18.8. The maximum Gasteiger partial charge on any atom is 0.266 e. The van der Waals surface area contributed by atoms with Crippen LogP contribution in [-0.2, 0) is 4.79 Å². The van der Waals surface area contributed by atoms with Gasteiger partial charge in [-0.1, -0.05) is 0 Å². The summed E-state index contributed by atoms with van der Waals surface area (Å²) < 4.78 is 37.6. The average Bonchev–Trinajstić information content (AvgIpc) is 2.98. The Balaban J connectivity index is 1.98. The SMILES string of the molecule is CCN1C(=O)/C(=C\c2ccc(OC)cc2OC)SC1=Nc1ccc(F)cc1F. The van der Waals surface area contributed by atoms with Crippen LogP contribution in [0.2, 0.25) is 0 Å². The van der Waals surface area contributed by atoms with Crippen molar-refractivity contribution in [3.8, 4) is 11.5 Å². The number of thioether (sulfide) groups is 1. The maximum atomic E-state index is 13.9. The van der Waals surface area contributed by atoms with Crippen molar-refractivity contribution >= 4 is 34.6 Å². The molecule has 2 aromatic carbocycles. The Labute approximate surface area is 165 Å². The van der Waals surface area contributed by atoms with Gasteiger partial charge >= 0.3 is 0 Å². The minimum Gasteiger partial charge on any atom is -0.497 e. The molecule has 3 rings (SSSR count). The lowest BCUT2D eigenvalue weighted by molar-refractivity contribution is -0.122. The van der Waals surface area contributed by atoms with Gasteiger partial charge < -0.3 is 9.47 Å². The smallest absolute Gasteiger partial charge is 0.266 e. The molecule has 0 N–H and O–H groups in total. The molecule has 5 nitrogen and oxygen atoms in total. The Morgan fingerprint density at radius 1 is 1.14 bits per heavy atom. The predicted octanol–water partition coefficient (Wildman–Crippen LogP) is 4.61. The fourth-order valence-electron chi connectivity index (χ4n) is 2.62. The van der Waals surface area contributed by atoms with Crippen LogP contribution in [0.1, 0.15) is 12.5 Å². The first-order valence-corrected chi connectivity index (χ1v) is 9.25. The summed E-state index contributed by atoms with van der Waals surface area (Å²) >= 11 is 1.12. The Morgan fingerprint density at radius 2 is 1.93 bits per heavy atom. The summed E-state index contributed by atoms with van der Waals surface area (Å²) in [6.07, 6.45) is 1.69. The van der Waals surface area contributed by atoms with Gasteiger partial charge in [-0.2, -0.15) is 0 Å². The van der Waals surface area contributed by atoms with Crippen LogP contribution in [0.4, 0.5) is 14.5 Å². The summed E-state index contributed by atoms with van der Waals surface area (Å²) in [5.74, 6) is -0.527. The number of carbonyl (C=O) groups excluding carboxylic acids is 1. The first-order valence-electron chi connectivity index (χ1n) is 8.44. The van der Waals surface area contributed by atoms with Gasteiger partial charge in [0, 0.05) is 24.2 Å². The van der Waals surface area contributed by atoms with E-state index in [1.54, 1.807) is 38.3 Å². The molecule has 0 aromatic heterocycles. The minimum absolute atomic E-state index is 0.0292. The van der Waals surface area contributed by atoms with Gasteiger partial charge in [-0.3, -0.25) is 9.69 Å². The second kappa shape index (κ2) is 8.43.